The molecule has 102 valence electrons. The number of H-pyrrole nitrogens is 1. The molecular weight excluding hydrogens is 296 g/mol. The van der Waals surface area contributed by atoms with Gasteiger partial charge in [-0.15, -0.1) is 11.3 Å². The molecule has 0 saturated heterocycles. The maximum absolute atomic E-state index is 11.5. The lowest BCUT2D eigenvalue weighted by molar-refractivity contribution is 0.987. The zero-order chi connectivity index (χ0) is 13.9. The smallest absolute Gasteiger partial charge is 0.330 e. The van der Waals surface area contributed by atoms with Gasteiger partial charge in [0.1, 0.15) is 9.34 Å². The van der Waals surface area contributed by atoms with Gasteiger partial charge in [-0.05, 0) is 24.3 Å². The summed E-state index contributed by atoms with van der Waals surface area (Å²) in [5.74, 6) is 0. The largest absolute Gasteiger partial charge is 0.379 e. The van der Waals surface area contributed by atoms with E-state index in [1.807, 2.05) is 24.3 Å². The minimum absolute atomic E-state index is 0.150. The van der Waals surface area contributed by atoms with E-state index in [1.165, 1.54) is 11.3 Å². The SMILES string of the molecule is O=c1[nH]ccn1-c1ccc(NCc2ncc(Cl)s2)cc1. The average Bonchev–Trinajstić information content (AvgIpc) is 3.06. The fourth-order valence-electron chi connectivity index (χ4n) is 1.81. The number of aromatic nitrogens is 3. The van der Waals surface area contributed by atoms with Crippen LogP contribution in [-0.2, 0) is 6.54 Å². The first kappa shape index (κ1) is 13.0. The van der Waals surface area contributed by atoms with Gasteiger partial charge in [-0.2, -0.15) is 0 Å². The van der Waals surface area contributed by atoms with Crippen LogP contribution >= 0.6 is 22.9 Å². The second-order valence-electron chi connectivity index (χ2n) is 4.09. The van der Waals surface area contributed by atoms with Crippen LogP contribution in [0.3, 0.4) is 0 Å². The normalized spacial score (nSPS) is 10.7. The van der Waals surface area contributed by atoms with Crippen molar-refractivity contribution in [2.75, 3.05) is 5.32 Å². The second kappa shape index (κ2) is 5.52. The Balaban J connectivity index is 1.70. The van der Waals surface area contributed by atoms with E-state index < -0.39 is 0 Å². The highest BCUT2D eigenvalue weighted by Gasteiger charge is 2.02. The summed E-state index contributed by atoms with van der Waals surface area (Å²) in [7, 11) is 0. The van der Waals surface area contributed by atoms with E-state index in [4.69, 9.17) is 11.6 Å². The van der Waals surface area contributed by atoms with Crippen molar-refractivity contribution in [1.29, 1.82) is 0 Å². The predicted molar refractivity (Wildman–Crippen MR) is 80.8 cm³/mol. The highest BCUT2D eigenvalue weighted by atomic mass is 35.5. The Hall–Kier alpha value is -2.05. The molecule has 0 aliphatic heterocycles. The van der Waals surface area contributed by atoms with Crippen molar-refractivity contribution in [3.8, 4) is 5.69 Å². The molecule has 5 nitrogen and oxygen atoms in total. The van der Waals surface area contributed by atoms with Crippen LogP contribution in [0.2, 0.25) is 4.34 Å². The van der Waals surface area contributed by atoms with Gasteiger partial charge < -0.3 is 10.3 Å². The van der Waals surface area contributed by atoms with Crippen LogP contribution in [0.15, 0.2) is 47.7 Å². The maximum atomic E-state index is 11.5. The van der Waals surface area contributed by atoms with Gasteiger partial charge in [0.15, 0.2) is 0 Å². The summed E-state index contributed by atoms with van der Waals surface area (Å²) in [6.07, 6.45) is 4.95. The van der Waals surface area contributed by atoms with Gasteiger partial charge >= 0.3 is 5.69 Å². The van der Waals surface area contributed by atoms with Gasteiger partial charge in [0.05, 0.1) is 18.4 Å². The molecule has 0 amide bonds. The first-order chi connectivity index (χ1) is 9.72. The van der Waals surface area contributed by atoms with Gasteiger partial charge in [0.25, 0.3) is 0 Å². The summed E-state index contributed by atoms with van der Waals surface area (Å²) in [4.78, 5) is 18.3. The lowest BCUT2D eigenvalue weighted by Gasteiger charge is -2.06. The number of hydrogen-bond donors (Lipinski definition) is 2. The highest BCUT2D eigenvalue weighted by molar-refractivity contribution is 7.15. The summed E-state index contributed by atoms with van der Waals surface area (Å²) >= 11 is 7.28. The topological polar surface area (TPSA) is 62.7 Å². The van der Waals surface area contributed by atoms with E-state index in [0.717, 1.165) is 16.4 Å². The number of benzene rings is 1. The number of rotatable bonds is 4. The monoisotopic (exact) mass is 306 g/mol. The van der Waals surface area contributed by atoms with Crippen LogP contribution in [0.5, 0.6) is 0 Å². The summed E-state index contributed by atoms with van der Waals surface area (Å²) in [6.45, 7) is 0.626. The van der Waals surface area contributed by atoms with Gasteiger partial charge in [0.2, 0.25) is 0 Å². The molecule has 2 aromatic heterocycles. The molecule has 2 heterocycles. The molecule has 0 spiro atoms. The van der Waals surface area contributed by atoms with Crippen molar-refractivity contribution in [2.45, 2.75) is 6.54 Å². The van der Waals surface area contributed by atoms with E-state index >= 15 is 0 Å². The number of nitrogens with zero attached hydrogens (tertiary/aromatic N) is 2. The van der Waals surface area contributed by atoms with Crippen molar-refractivity contribution >= 4 is 28.6 Å². The van der Waals surface area contributed by atoms with Crippen LogP contribution in [-0.4, -0.2) is 14.5 Å². The zero-order valence-corrected chi connectivity index (χ0v) is 11.9. The molecule has 1 aromatic carbocycles. The third kappa shape index (κ3) is 2.76. The molecule has 3 aromatic rings. The third-order valence-corrected chi connectivity index (χ3v) is 3.88. The van der Waals surface area contributed by atoms with Crippen molar-refractivity contribution < 1.29 is 0 Å². The number of hydrogen-bond acceptors (Lipinski definition) is 4. The lowest BCUT2D eigenvalue weighted by atomic mass is 10.3. The Kier molecular flexibility index (Phi) is 3.58. The van der Waals surface area contributed by atoms with Crippen LogP contribution in [0.4, 0.5) is 5.69 Å². The molecule has 0 fully saturated rings. The highest BCUT2D eigenvalue weighted by Crippen LogP contribution is 2.19. The second-order valence-corrected chi connectivity index (χ2v) is 5.84. The number of imidazole rings is 1. The first-order valence-electron chi connectivity index (χ1n) is 5.93. The molecule has 0 saturated carbocycles. The van der Waals surface area contributed by atoms with Gasteiger partial charge in [-0.25, -0.2) is 9.78 Å². The number of aromatic amines is 1. The standard InChI is InChI=1S/C13H11ClN4OS/c14-11-7-17-12(20-11)8-16-9-1-3-10(4-2-9)18-6-5-15-13(18)19/h1-7,16H,8H2,(H,15,19). The van der Waals surface area contributed by atoms with E-state index in [9.17, 15) is 4.79 Å². The average molecular weight is 307 g/mol. The Morgan fingerprint density at radius 2 is 2.15 bits per heavy atom. The molecule has 2 N–H and O–H groups in total. The lowest BCUT2D eigenvalue weighted by Crippen LogP contribution is -2.13. The summed E-state index contributed by atoms with van der Waals surface area (Å²) < 4.78 is 2.23. The molecule has 7 heteroatoms. The van der Waals surface area contributed by atoms with Crippen molar-refractivity contribution in [2.24, 2.45) is 0 Å². The number of halogens is 1. The van der Waals surface area contributed by atoms with Crippen molar-refractivity contribution in [3.63, 3.8) is 0 Å². The molecular formula is C13H11ClN4OS. The molecule has 3 rings (SSSR count). The van der Waals surface area contributed by atoms with Gasteiger partial charge in [-0.1, -0.05) is 11.6 Å². The van der Waals surface area contributed by atoms with Crippen LogP contribution in [0.1, 0.15) is 5.01 Å². The Bertz CT molecular complexity index is 759. The molecule has 0 aliphatic rings. The molecule has 20 heavy (non-hydrogen) atoms. The summed E-state index contributed by atoms with van der Waals surface area (Å²) in [5, 5.41) is 4.19. The molecule has 0 aliphatic carbocycles. The van der Waals surface area contributed by atoms with Crippen LogP contribution in [0.25, 0.3) is 5.69 Å². The van der Waals surface area contributed by atoms with Crippen LogP contribution < -0.4 is 11.0 Å². The molecule has 0 atom stereocenters. The minimum Gasteiger partial charge on any atom is -0.379 e. The fourth-order valence-corrected chi connectivity index (χ4v) is 2.71. The van der Waals surface area contributed by atoms with Crippen molar-refractivity contribution in [3.05, 3.63) is 62.7 Å². The quantitative estimate of drug-likeness (QED) is 0.779. The number of anilines is 1. The van der Waals surface area contributed by atoms with Gasteiger partial charge in [-0.3, -0.25) is 4.57 Å². The van der Waals surface area contributed by atoms with E-state index in [1.54, 1.807) is 23.2 Å². The van der Waals surface area contributed by atoms with E-state index in [-0.39, 0.29) is 5.69 Å². The molecule has 0 bridgehead atoms. The van der Waals surface area contributed by atoms with Gasteiger partial charge in [0, 0.05) is 18.1 Å². The number of thiazole rings is 1. The zero-order valence-electron chi connectivity index (χ0n) is 10.3. The summed E-state index contributed by atoms with van der Waals surface area (Å²) in [6, 6.07) is 7.60. The van der Waals surface area contributed by atoms with E-state index in [0.29, 0.717) is 10.9 Å². The summed E-state index contributed by atoms with van der Waals surface area (Å²) in [5.41, 5.74) is 1.63. The Morgan fingerprint density at radius 3 is 2.75 bits per heavy atom. The first-order valence-corrected chi connectivity index (χ1v) is 7.12. The predicted octanol–water partition coefficient (Wildman–Crippen LogP) is 2.89. The molecule has 0 radical (unpaired) electrons. The maximum Gasteiger partial charge on any atom is 0.330 e. The Morgan fingerprint density at radius 1 is 1.35 bits per heavy atom. The Labute approximate surface area is 123 Å². The number of nitrogens with one attached hydrogen (secondary N) is 2. The van der Waals surface area contributed by atoms with Crippen molar-refractivity contribution in [1.82, 2.24) is 14.5 Å². The minimum atomic E-state index is -0.150. The third-order valence-electron chi connectivity index (χ3n) is 2.76. The van der Waals surface area contributed by atoms with Crippen LogP contribution in [0, 0.1) is 0 Å². The van der Waals surface area contributed by atoms with E-state index in [2.05, 4.69) is 15.3 Å². The molecule has 0 unspecified atom stereocenters. The fraction of sp³-hybridized carbons (Fsp3) is 0.0769.